The highest BCUT2D eigenvalue weighted by Crippen LogP contribution is 2.05. The van der Waals surface area contributed by atoms with Gasteiger partial charge in [0.2, 0.25) is 0 Å². The molecule has 1 aromatic heterocycles. The second-order valence-corrected chi connectivity index (χ2v) is 3.19. The first-order valence-electron chi connectivity index (χ1n) is 4.76. The van der Waals surface area contributed by atoms with E-state index in [0.717, 1.165) is 0 Å². The number of amides is 1. The number of pyridine rings is 1. The molecule has 1 heterocycles. The van der Waals surface area contributed by atoms with Gasteiger partial charge in [0.15, 0.2) is 0 Å². The summed E-state index contributed by atoms with van der Waals surface area (Å²) in [6, 6.07) is 5.33. The number of rotatable bonds is 3. The highest BCUT2D eigenvalue weighted by atomic mass is 16.2. The minimum atomic E-state index is -0.0425. The van der Waals surface area contributed by atoms with Gasteiger partial charge in [-0.2, -0.15) is 5.26 Å². The Morgan fingerprint density at radius 1 is 1.67 bits per heavy atom. The summed E-state index contributed by atoms with van der Waals surface area (Å²) >= 11 is 0. The van der Waals surface area contributed by atoms with Crippen molar-refractivity contribution in [3.8, 4) is 6.07 Å². The lowest BCUT2D eigenvalue weighted by molar-refractivity contribution is 0.0802. The maximum absolute atomic E-state index is 11.7. The largest absolute Gasteiger partial charge is 0.342 e. The molecule has 0 aliphatic heterocycles. The molecule has 4 nitrogen and oxygen atoms in total. The second kappa shape index (κ2) is 5.11. The molecule has 0 bridgehead atoms. The number of hydrogen-bond acceptors (Lipinski definition) is 3. The summed E-state index contributed by atoms with van der Waals surface area (Å²) in [6.07, 6.45) is 1.79. The number of nitrogens with zero attached hydrogens (tertiary/aromatic N) is 3. The molecule has 78 valence electrons. The normalized spacial score (nSPS) is 9.40. The summed E-state index contributed by atoms with van der Waals surface area (Å²) in [4.78, 5) is 17.4. The van der Waals surface area contributed by atoms with E-state index in [-0.39, 0.29) is 12.3 Å². The summed E-state index contributed by atoms with van der Waals surface area (Å²) in [5.74, 6) is -0.0425. The first-order chi connectivity index (χ1) is 7.19. The minimum Gasteiger partial charge on any atom is -0.342 e. The van der Waals surface area contributed by atoms with Gasteiger partial charge < -0.3 is 4.90 Å². The van der Waals surface area contributed by atoms with Crippen molar-refractivity contribution < 1.29 is 4.79 Å². The Labute approximate surface area is 89.2 Å². The molecule has 15 heavy (non-hydrogen) atoms. The van der Waals surface area contributed by atoms with Crippen molar-refractivity contribution in [2.24, 2.45) is 0 Å². The van der Waals surface area contributed by atoms with Crippen LogP contribution in [0.15, 0.2) is 18.3 Å². The lowest BCUT2D eigenvalue weighted by Crippen LogP contribution is -2.26. The third-order valence-corrected chi connectivity index (χ3v) is 2.14. The quantitative estimate of drug-likeness (QED) is 0.742. The predicted molar refractivity (Wildman–Crippen MR) is 56.2 cm³/mol. The third-order valence-electron chi connectivity index (χ3n) is 2.14. The SMILES string of the molecule is CCN(C)C(=O)c1ccnc(CC#N)c1. The first-order valence-corrected chi connectivity index (χ1v) is 4.76. The van der Waals surface area contributed by atoms with E-state index in [1.165, 1.54) is 0 Å². The highest BCUT2D eigenvalue weighted by molar-refractivity contribution is 5.94. The molecular formula is C11H13N3O. The van der Waals surface area contributed by atoms with Crippen molar-refractivity contribution in [3.05, 3.63) is 29.6 Å². The van der Waals surface area contributed by atoms with Crippen LogP contribution in [0.3, 0.4) is 0 Å². The van der Waals surface area contributed by atoms with Crippen molar-refractivity contribution in [1.29, 1.82) is 5.26 Å². The maximum Gasteiger partial charge on any atom is 0.253 e. The van der Waals surface area contributed by atoms with Crippen LogP contribution in [0.2, 0.25) is 0 Å². The summed E-state index contributed by atoms with van der Waals surface area (Å²) in [5, 5.41) is 8.52. The monoisotopic (exact) mass is 203 g/mol. The summed E-state index contributed by atoms with van der Waals surface area (Å²) < 4.78 is 0. The van der Waals surface area contributed by atoms with Crippen LogP contribution in [0.25, 0.3) is 0 Å². The Balaban J connectivity index is 2.91. The smallest absolute Gasteiger partial charge is 0.253 e. The molecule has 0 aliphatic carbocycles. The highest BCUT2D eigenvalue weighted by Gasteiger charge is 2.10. The fourth-order valence-electron chi connectivity index (χ4n) is 1.15. The number of hydrogen-bond donors (Lipinski definition) is 0. The molecule has 0 atom stereocenters. The average molecular weight is 203 g/mol. The van der Waals surface area contributed by atoms with Crippen LogP contribution < -0.4 is 0 Å². The molecule has 0 saturated carbocycles. The zero-order chi connectivity index (χ0) is 11.3. The number of carbonyl (C=O) groups is 1. The standard InChI is InChI=1S/C11H13N3O/c1-3-14(2)11(15)9-5-7-13-10(8-9)4-6-12/h5,7-8H,3-4H2,1-2H3. The van der Waals surface area contributed by atoms with Gasteiger partial charge in [0.05, 0.1) is 18.2 Å². The van der Waals surface area contributed by atoms with Crippen molar-refractivity contribution in [1.82, 2.24) is 9.88 Å². The van der Waals surface area contributed by atoms with Gasteiger partial charge in [0.1, 0.15) is 0 Å². The fourth-order valence-corrected chi connectivity index (χ4v) is 1.15. The Morgan fingerprint density at radius 3 is 3.00 bits per heavy atom. The molecule has 0 aliphatic rings. The van der Waals surface area contributed by atoms with Gasteiger partial charge in [0, 0.05) is 25.4 Å². The predicted octanol–water partition coefficient (Wildman–Crippen LogP) is 1.24. The molecule has 1 aromatic rings. The molecule has 0 N–H and O–H groups in total. The van der Waals surface area contributed by atoms with Crippen LogP contribution in [0, 0.1) is 11.3 Å². The average Bonchev–Trinajstić information content (AvgIpc) is 2.28. The lowest BCUT2D eigenvalue weighted by Gasteiger charge is -2.14. The molecule has 0 saturated heterocycles. The minimum absolute atomic E-state index is 0.0425. The Morgan fingerprint density at radius 2 is 2.40 bits per heavy atom. The number of nitriles is 1. The molecule has 0 spiro atoms. The van der Waals surface area contributed by atoms with E-state index >= 15 is 0 Å². The van der Waals surface area contributed by atoms with Crippen LogP contribution in [0.1, 0.15) is 23.0 Å². The zero-order valence-corrected chi connectivity index (χ0v) is 8.90. The Kier molecular flexibility index (Phi) is 3.81. The van der Waals surface area contributed by atoms with Crippen molar-refractivity contribution in [2.75, 3.05) is 13.6 Å². The van der Waals surface area contributed by atoms with Crippen molar-refractivity contribution in [3.63, 3.8) is 0 Å². The topological polar surface area (TPSA) is 57.0 Å². The van der Waals surface area contributed by atoms with E-state index in [1.54, 1.807) is 30.3 Å². The Hall–Kier alpha value is -1.89. The Bertz CT molecular complexity index is 395. The molecule has 0 unspecified atom stereocenters. The van der Waals surface area contributed by atoms with Crippen LogP contribution in [-0.4, -0.2) is 29.4 Å². The summed E-state index contributed by atoms with van der Waals surface area (Å²) in [7, 11) is 1.74. The molecule has 0 radical (unpaired) electrons. The second-order valence-electron chi connectivity index (χ2n) is 3.19. The van der Waals surface area contributed by atoms with Crippen LogP contribution in [0.5, 0.6) is 0 Å². The zero-order valence-electron chi connectivity index (χ0n) is 8.90. The number of aromatic nitrogens is 1. The van der Waals surface area contributed by atoms with Gasteiger partial charge in [-0.3, -0.25) is 9.78 Å². The number of carbonyl (C=O) groups excluding carboxylic acids is 1. The summed E-state index contributed by atoms with van der Waals surface area (Å²) in [5.41, 5.74) is 1.22. The van der Waals surface area contributed by atoms with E-state index in [4.69, 9.17) is 5.26 Å². The van der Waals surface area contributed by atoms with Crippen LogP contribution in [0.4, 0.5) is 0 Å². The maximum atomic E-state index is 11.7. The van der Waals surface area contributed by atoms with Crippen molar-refractivity contribution >= 4 is 5.91 Å². The van der Waals surface area contributed by atoms with Gasteiger partial charge in [-0.1, -0.05) is 0 Å². The van der Waals surface area contributed by atoms with Gasteiger partial charge in [-0.25, -0.2) is 0 Å². The van der Waals surface area contributed by atoms with Crippen LogP contribution >= 0.6 is 0 Å². The van der Waals surface area contributed by atoms with E-state index in [0.29, 0.717) is 17.8 Å². The van der Waals surface area contributed by atoms with Crippen LogP contribution in [-0.2, 0) is 6.42 Å². The van der Waals surface area contributed by atoms with E-state index in [9.17, 15) is 4.79 Å². The van der Waals surface area contributed by atoms with Gasteiger partial charge in [-0.15, -0.1) is 0 Å². The molecular weight excluding hydrogens is 190 g/mol. The fraction of sp³-hybridized carbons (Fsp3) is 0.364. The van der Waals surface area contributed by atoms with Gasteiger partial charge >= 0.3 is 0 Å². The third kappa shape index (κ3) is 2.78. The molecule has 0 fully saturated rings. The van der Waals surface area contributed by atoms with E-state index in [2.05, 4.69) is 4.98 Å². The lowest BCUT2D eigenvalue weighted by atomic mass is 10.2. The van der Waals surface area contributed by atoms with E-state index in [1.807, 2.05) is 13.0 Å². The van der Waals surface area contributed by atoms with Gasteiger partial charge in [-0.05, 0) is 19.1 Å². The van der Waals surface area contributed by atoms with E-state index < -0.39 is 0 Å². The molecule has 1 rings (SSSR count). The molecule has 1 amide bonds. The molecule has 0 aromatic carbocycles. The summed E-state index contributed by atoms with van der Waals surface area (Å²) in [6.45, 7) is 2.57. The van der Waals surface area contributed by atoms with Crippen molar-refractivity contribution in [2.45, 2.75) is 13.3 Å². The van der Waals surface area contributed by atoms with Gasteiger partial charge in [0.25, 0.3) is 5.91 Å². The molecule has 4 heteroatoms. The first kappa shape index (κ1) is 11.2.